The molecule has 4 heterocycles. The summed E-state index contributed by atoms with van der Waals surface area (Å²) in [5.74, 6) is 1.75. The van der Waals surface area contributed by atoms with Crippen LogP contribution in [0.5, 0.6) is 0 Å². The van der Waals surface area contributed by atoms with E-state index in [0.717, 1.165) is 45.1 Å². The Kier molecular flexibility index (Phi) is 5.18. The number of pyridine rings is 1. The van der Waals surface area contributed by atoms with Crippen molar-refractivity contribution in [2.24, 2.45) is 7.05 Å². The second kappa shape index (κ2) is 7.91. The zero-order valence-electron chi connectivity index (χ0n) is 16.0. The third-order valence-electron chi connectivity index (χ3n) is 4.18. The van der Waals surface area contributed by atoms with Crippen molar-refractivity contribution in [2.75, 3.05) is 12.4 Å². The topological polar surface area (TPSA) is 84.9 Å². The Morgan fingerprint density at radius 1 is 1.21 bits per heavy atom. The van der Waals surface area contributed by atoms with E-state index in [9.17, 15) is 0 Å². The molecule has 0 aliphatic rings. The smallest absolute Gasteiger partial charge is 0.188 e. The highest BCUT2D eigenvalue weighted by atomic mass is 32.1. The van der Waals surface area contributed by atoms with Crippen molar-refractivity contribution in [1.82, 2.24) is 29.8 Å². The maximum atomic E-state index is 5.48. The summed E-state index contributed by atoms with van der Waals surface area (Å²) in [5, 5.41) is 12.7. The van der Waals surface area contributed by atoms with Gasteiger partial charge in [0, 0.05) is 54.8 Å². The van der Waals surface area contributed by atoms with Crippen molar-refractivity contribution in [3.05, 3.63) is 59.2 Å². The summed E-state index contributed by atoms with van der Waals surface area (Å²) in [6, 6.07) is 7.80. The molecular weight excluding hydrogens is 374 g/mol. The molecule has 0 aliphatic carbocycles. The molecule has 28 heavy (non-hydrogen) atoms. The highest BCUT2D eigenvalue weighted by Crippen LogP contribution is 2.24. The third-order valence-corrected chi connectivity index (χ3v) is 5.07. The molecule has 0 atom stereocenters. The number of aryl methyl sites for hydroxylation is 2. The molecule has 4 aromatic rings. The summed E-state index contributed by atoms with van der Waals surface area (Å²) in [7, 11) is 3.96. The molecule has 0 fully saturated rings. The summed E-state index contributed by atoms with van der Waals surface area (Å²) in [6.07, 6.45) is 5.39. The van der Waals surface area contributed by atoms with Crippen LogP contribution in [0.1, 0.15) is 16.3 Å². The van der Waals surface area contributed by atoms with Gasteiger partial charge in [-0.1, -0.05) is 5.16 Å². The summed E-state index contributed by atoms with van der Waals surface area (Å²) in [4.78, 5) is 11.8. The van der Waals surface area contributed by atoms with Gasteiger partial charge in [-0.25, -0.2) is 4.98 Å². The van der Waals surface area contributed by atoms with Gasteiger partial charge in [0.2, 0.25) is 0 Å². The van der Waals surface area contributed by atoms with Crippen molar-refractivity contribution >= 4 is 22.3 Å². The minimum Gasteiger partial charge on any atom is -0.359 e. The van der Waals surface area contributed by atoms with Gasteiger partial charge in [0.05, 0.1) is 12.2 Å². The van der Waals surface area contributed by atoms with E-state index in [1.165, 1.54) is 0 Å². The van der Waals surface area contributed by atoms with Gasteiger partial charge in [-0.2, -0.15) is 5.10 Å². The van der Waals surface area contributed by atoms with Crippen LogP contribution in [0.15, 0.2) is 47.4 Å². The molecule has 9 heteroatoms. The lowest BCUT2D eigenvalue weighted by Gasteiger charge is -2.12. The first-order valence-corrected chi connectivity index (χ1v) is 9.65. The Morgan fingerprint density at radius 3 is 2.79 bits per heavy atom. The van der Waals surface area contributed by atoms with Crippen LogP contribution in [-0.4, -0.2) is 36.9 Å². The highest BCUT2D eigenvalue weighted by Gasteiger charge is 2.11. The number of thiazole rings is 1. The predicted molar refractivity (Wildman–Crippen MR) is 108 cm³/mol. The Labute approximate surface area is 166 Å². The molecule has 0 radical (unpaired) electrons. The fourth-order valence-electron chi connectivity index (χ4n) is 2.91. The average molecular weight is 395 g/mol. The van der Waals surface area contributed by atoms with Crippen molar-refractivity contribution in [3.63, 3.8) is 0 Å². The summed E-state index contributed by atoms with van der Waals surface area (Å²) < 4.78 is 7.29. The number of nitrogens with one attached hydrogen (secondary N) is 1. The first kappa shape index (κ1) is 18.3. The molecule has 0 amide bonds. The van der Waals surface area contributed by atoms with E-state index in [2.05, 4.69) is 30.4 Å². The third kappa shape index (κ3) is 4.26. The van der Waals surface area contributed by atoms with E-state index in [1.807, 2.05) is 56.2 Å². The van der Waals surface area contributed by atoms with Gasteiger partial charge in [0.25, 0.3) is 0 Å². The Balaban J connectivity index is 1.35. The van der Waals surface area contributed by atoms with Crippen LogP contribution in [0.4, 0.5) is 10.9 Å². The van der Waals surface area contributed by atoms with Gasteiger partial charge in [-0.3, -0.25) is 14.6 Å². The molecule has 0 aromatic carbocycles. The predicted octanol–water partition coefficient (Wildman–Crippen LogP) is 3.61. The molecular formula is C19H21N7OS. The second-order valence-corrected chi connectivity index (χ2v) is 7.75. The van der Waals surface area contributed by atoms with E-state index in [1.54, 1.807) is 23.7 Å². The van der Waals surface area contributed by atoms with Gasteiger partial charge in [-0.15, -0.1) is 11.3 Å². The van der Waals surface area contributed by atoms with Gasteiger partial charge < -0.3 is 9.84 Å². The van der Waals surface area contributed by atoms with Crippen molar-refractivity contribution in [1.29, 1.82) is 0 Å². The summed E-state index contributed by atoms with van der Waals surface area (Å²) in [6.45, 7) is 3.41. The minimum atomic E-state index is 0.666. The van der Waals surface area contributed by atoms with Crippen LogP contribution in [0.2, 0.25) is 0 Å². The Hall–Kier alpha value is -3.04. The first-order chi connectivity index (χ1) is 13.6. The molecule has 0 bridgehead atoms. The lowest BCUT2D eigenvalue weighted by Crippen LogP contribution is -2.16. The van der Waals surface area contributed by atoms with Gasteiger partial charge in [0.15, 0.2) is 10.9 Å². The fourth-order valence-corrected chi connectivity index (χ4v) is 3.81. The van der Waals surface area contributed by atoms with E-state index in [0.29, 0.717) is 6.54 Å². The van der Waals surface area contributed by atoms with E-state index in [-0.39, 0.29) is 0 Å². The standard InChI is InChI=1S/C19H21N7OS/c1-13-8-18(26(3)23-13)22-19-21-10-16(28-19)12-25(2)11-15-9-17(24-27-15)14-4-6-20-7-5-14/h4-10H,11-12H2,1-3H3,(H,21,22). The number of aromatic nitrogens is 5. The average Bonchev–Trinajstić information content (AvgIpc) is 3.38. The normalized spacial score (nSPS) is 11.3. The lowest BCUT2D eigenvalue weighted by atomic mass is 10.2. The molecule has 1 N–H and O–H groups in total. The van der Waals surface area contributed by atoms with Crippen molar-refractivity contribution in [3.8, 4) is 11.3 Å². The second-order valence-electron chi connectivity index (χ2n) is 6.64. The Bertz CT molecular complexity index is 1050. The van der Waals surface area contributed by atoms with Crippen LogP contribution < -0.4 is 5.32 Å². The number of anilines is 2. The summed E-state index contributed by atoms with van der Waals surface area (Å²) in [5.41, 5.74) is 2.79. The summed E-state index contributed by atoms with van der Waals surface area (Å²) >= 11 is 1.63. The zero-order valence-corrected chi connectivity index (χ0v) is 16.8. The molecule has 0 unspecified atom stereocenters. The number of hydrogen-bond donors (Lipinski definition) is 1. The highest BCUT2D eigenvalue weighted by molar-refractivity contribution is 7.15. The number of hydrogen-bond acceptors (Lipinski definition) is 8. The monoisotopic (exact) mass is 395 g/mol. The van der Waals surface area contributed by atoms with Crippen molar-refractivity contribution in [2.45, 2.75) is 20.0 Å². The molecule has 8 nitrogen and oxygen atoms in total. The lowest BCUT2D eigenvalue weighted by molar-refractivity contribution is 0.268. The molecule has 0 saturated carbocycles. The molecule has 0 spiro atoms. The molecule has 0 saturated heterocycles. The number of nitrogens with zero attached hydrogens (tertiary/aromatic N) is 6. The fraction of sp³-hybridized carbons (Fsp3) is 0.263. The largest absolute Gasteiger partial charge is 0.359 e. The quantitative estimate of drug-likeness (QED) is 0.512. The minimum absolute atomic E-state index is 0.666. The zero-order chi connectivity index (χ0) is 19.5. The van der Waals surface area contributed by atoms with Gasteiger partial charge >= 0.3 is 0 Å². The van der Waals surface area contributed by atoms with E-state index < -0.39 is 0 Å². The van der Waals surface area contributed by atoms with Crippen molar-refractivity contribution < 1.29 is 4.52 Å². The molecule has 4 aromatic heterocycles. The molecule has 144 valence electrons. The van der Waals surface area contributed by atoms with Crippen LogP contribution in [0, 0.1) is 6.92 Å². The maximum absolute atomic E-state index is 5.48. The van der Waals surface area contributed by atoms with Crippen LogP contribution in [-0.2, 0) is 20.1 Å². The first-order valence-electron chi connectivity index (χ1n) is 8.84. The molecule has 4 rings (SSSR count). The van der Waals surface area contributed by atoms with Crippen LogP contribution >= 0.6 is 11.3 Å². The van der Waals surface area contributed by atoms with Gasteiger partial charge in [-0.05, 0) is 26.1 Å². The van der Waals surface area contributed by atoms with Crippen LogP contribution in [0.3, 0.4) is 0 Å². The SMILES string of the molecule is Cc1cc(Nc2ncc(CN(C)Cc3cc(-c4ccncc4)no3)s2)n(C)n1. The Morgan fingerprint density at radius 2 is 2.04 bits per heavy atom. The molecule has 0 aliphatic heterocycles. The van der Waals surface area contributed by atoms with Gasteiger partial charge in [0.1, 0.15) is 11.5 Å². The number of rotatable bonds is 7. The van der Waals surface area contributed by atoms with E-state index >= 15 is 0 Å². The maximum Gasteiger partial charge on any atom is 0.188 e. The van der Waals surface area contributed by atoms with Crippen LogP contribution in [0.25, 0.3) is 11.3 Å². The van der Waals surface area contributed by atoms with E-state index in [4.69, 9.17) is 4.52 Å².